The number of fused-ring (bicyclic) bond motifs is 3. The molecule has 0 unspecified atom stereocenters. The number of hydrogen-bond donors (Lipinski definition) is 1. The van der Waals surface area contributed by atoms with Gasteiger partial charge in [-0.05, 0) is 12.1 Å². The van der Waals surface area contributed by atoms with Crippen LogP contribution in [0.5, 0.6) is 5.75 Å². The Morgan fingerprint density at radius 3 is 2.39 bits per heavy atom. The third-order valence-electron chi connectivity index (χ3n) is 5.62. The number of anilines is 1. The molecule has 8 nitrogen and oxygen atoms in total. The molecule has 3 amide bonds. The summed E-state index contributed by atoms with van der Waals surface area (Å²) in [6.45, 7) is 3.58. The molecule has 2 heterocycles. The standard InChI is InChI=1S/C23H25N3O5/c1-15(27)25-9-11-26(12-10-25)23(29)8-7-22(28)24-18-14-20-17(13-21(18)30-2)16-5-3-4-6-19(16)31-20/h3-6,13-14H,7-12H2,1-2H3,(H,24,28). The van der Waals surface area contributed by atoms with Crippen LogP contribution in [-0.2, 0) is 14.4 Å². The van der Waals surface area contributed by atoms with Gasteiger partial charge in [0, 0.05) is 62.8 Å². The Bertz CT molecular complexity index is 1140. The molecule has 1 aliphatic heterocycles. The lowest BCUT2D eigenvalue weighted by molar-refractivity contribution is -0.138. The summed E-state index contributed by atoms with van der Waals surface area (Å²) in [5.74, 6) is 0.184. The van der Waals surface area contributed by atoms with Gasteiger partial charge in [-0.1, -0.05) is 18.2 Å². The van der Waals surface area contributed by atoms with Crippen LogP contribution >= 0.6 is 0 Å². The topological polar surface area (TPSA) is 92.1 Å². The molecule has 0 bridgehead atoms. The largest absolute Gasteiger partial charge is 0.495 e. The van der Waals surface area contributed by atoms with Crippen molar-refractivity contribution < 1.29 is 23.5 Å². The maximum atomic E-state index is 12.5. The molecule has 0 saturated carbocycles. The minimum absolute atomic E-state index is 0.0156. The van der Waals surface area contributed by atoms with Gasteiger partial charge < -0.3 is 24.3 Å². The predicted octanol–water partition coefficient (Wildman–Crippen LogP) is 3.00. The molecule has 0 radical (unpaired) electrons. The fourth-order valence-corrected chi connectivity index (χ4v) is 3.88. The summed E-state index contributed by atoms with van der Waals surface area (Å²) in [6, 6.07) is 11.3. The summed E-state index contributed by atoms with van der Waals surface area (Å²) in [5.41, 5.74) is 1.91. The Kier molecular flexibility index (Phi) is 5.79. The number of ether oxygens (including phenoxy) is 1. The van der Waals surface area contributed by atoms with Gasteiger partial charge in [-0.3, -0.25) is 14.4 Å². The van der Waals surface area contributed by atoms with Crippen LogP contribution in [0.4, 0.5) is 5.69 Å². The number of amides is 3. The van der Waals surface area contributed by atoms with Gasteiger partial charge in [0.25, 0.3) is 0 Å². The summed E-state index contributed by atoms with van der Waals surface area (Å²) < 4.78 is 11.3. The molecule has 3 aromatic rings. The zero-order chi connectivity index (χ0) is 22.0. The molecule has 1 N–H and O–H groups in total. The first kappa shape index (κ1) is 20.7. The summed E-state index contributed by atoms with van der Waals surface area (Å²) >= 11 is 0. The van der Waals surface area contributed by atoms with Crippen molar-refractivity contribution in [1.82, 2.24) is 9.80 Å². The molecule has 2 aromatic carbocycles. The molecule has 4 rings (SSSR count). The molecule has 8 heteroatoms. The highest BCUT2D eigenvalue weighted by atomic mass is 16.5. The third-order valence-corrected chi connectivity index (χ3v) is 5.62. The van der Waals surface area contributed by atoms with Gasteiger partial charge >= 0.3 is 0 Å². The molecule has 1 aliphatic rings. The SMILES string of the molecule is COc1cc2c(cc1NC(=O)CCC(=O)N1CCN(C(C)=O)CC1)oc1ccccc12. The van der Waals surface area contributed by atoms with Gasteiger partial charge in [-0.25, -0.2) is 0 Å². The van der Waals surface area contributed by atoms with E-state index < -0.39 is 0 Å². The predicted molar refractivity (Wildman–Crippen MR) is 117 cm³/mol. The first-order valence-corrected chi connectivity index (χ1v) is 10.3. The van der Waals surface area contributed by atoms with Gasteiger partial charge in [0.15, 0.2) is 0 Å². The van der Waals surface area contributed by atoms with Crippen LogP contribution < -0.4 is 10.1 Å². The summed E-state index contributed by atoms with van der Waals surface area (Å²) in [5, 5.41) is 4.71. The van der Waals surface area contributed by atoms with Crippen molar-refractivity contribution in [2.45, 2.75) is 19.8 Å². The molecular formula is C23H25N3O5. The lowest BCUT2D eigenvalue weighted by atomic mass is 10.1. The second kappa shape index (κ2) is 8.67. The Morgan fingerprint density at radius 2 is 1.68 bits per heavy atom. The van der Waals surface area contributed by atoms with Crippen LogP contribution in [0.1, 0.15) is 19.8 Å². The lowest BCUT2D eigenvalue weighted by Gasteiger charge is -2.34. The number of benzene rings is 2. The Hall–Kier alpha value is -3.55. The van der Waals surface area contributed by atoms with E-state index >= 15 is 0 Å². The van der Waals surface area contributed by atoms with E-state index in [1.807, 2.05) is 30.3 Å². The number of carbonyl (C=O) groups excluding carboxylic acids is 3. The van der Waals surface area contributed by atoms with Crippen molar-refractivity contribution in [2.75, 3.05) is 38.6 Å². The fraction of sp³-hybridized carbons (Fsp3) is 0.348. The van der Waals surface area contributed by atoms with Crippen molar-refractivity contribution in [3.63, 3.8) is 0 Å². The first-order valence-electron chi connectivity index (χ1n) is 10.3. The summed E-state index contributed by atoms with van der Waals surface area (Å²) in [4.78, 5) is 39.8. The molecule has 0 spiro atoms. The quantitative estimate of drug-likeness (QED) is 0.681. The van der Waals surface area contributed by atoms with Gasteiger partial charge in [0.2, 0.25) is 17.7 Å². The van der Waals surface area contributed by atoms with Gasteiger partial charge in [0.05, 0.1) is 12.8 Å². The number of methoxy groups -OCH3 is 1. The van der Waals surface area contributed by atoms with Crippen LogP contribution in [-0.4, -0.2) is 60.8 Å². The molecule has 0 aliphatic carbocycles. The number of carbonyl (C=O) groups is 3. The second-order valence-electron chi connectivity index (χ2n) is 7.58. The van der Waals surface area contributed by atoms with E-state index in [1.165, 1.54) is 6.92 Å². The zero-order valence-electron chi connectivity index (χ0n) is 17.6. The highest BCUT2D eigenvalue weighted by molar-refractivity contribution is 6.07. The van der Waals surface area contributed by atoms with E-state index in [0.717, 1.165) is 16.4 Å². The smallest absolute Gasteiger partial charge is 0.224 e. The Morgan fingerprint density at radius 1 is 0.968 bits per heavy atom. The van der Waals surface area contributed by atoms with E-state index in [4.69, 9.17) is 9.15 Å². The highest BCUT2D eigenvalue weighted by Gasteiger charge is 2.23. The van der Waals surface area contributed by atoms with Crippen LogP contribution in [0.15, 0.2) is 40.8 Å². The fourth-order valence-electron chi connectivity index (χ4n) is 3.88. The number of nitrogens with zero attached hydrogens (tertiary/aromatic N) is 2. The average molecular weight is 423 g/mol. The minimum atomic E-state index is -0.274. The summed E-state index contributed by atoms with van der Waals surface area (Å²) in [6.07, 6.45) is 0.175. The third kappa shape index (κ3) is 4.33. The molecule has 162 valence electrons. The van der Waals surface area contributed by atoms with Crippen molar-refractivity contribution in [2.24, 2.45) is 0 Å². The molecular weight excluding hydrogens is 398 g/mol. The van der Waals surface area contributed by atoms with Gasteiger partial charge in [0.1, 0.15) is 16.9 Å². The normalized spacial score (nSPS) is 14.1. The lowest BCUT2D eigenvalue weighted by Crippen LogP contribution is -2.50. The Labute approximate surface area is 179 Å². The molecule has 1 aromatic heterocycles. The maximum Gasteiger partial charge on any atom is 0.224 e. The van der Waals surface area contributed by atoms with Crippen molar-refractivity contribution in [1.29, 1.82) is 0 Å². The van der Waals surface area contributed by atoms with Crippen LogP contribution in [0, 0.1) is 0 Å². The second-order valence-corrected chi connectivity index (χ2v) is 7.58. The van der Waals surface area contributed by atoms with Crippen molar-refractivity contribution in [3.05, 3.63) is 36.4 Å². The van der Waals surface area contributed by atoms with E-state index in [2.05, 4.69) is 5.32 Å². The van der Waals surface area contributed by atoms with Crippen molar-refractivity contribution in [3.8, 4) is 5.75 Å². The van der Waals surface area contributed by atoms with Crippen LogP contribution in [0.2, 0.25) is 0 Å². The minimum Gasteiger partial charge on any atom is -0.495 e. The van der Waals surface area contributed by atoms with Crippen molar-refractivity contribution >= 4 is 45.3 Å². The molecule has 0 atom stereocenters. The molecule has 31 heavy (non-hydrogen) atoms. The van der Waals surface area contributed by atoms with Gasteiger partial charge in [-0.2, -0.15) is 0 Å². The molecule has 1 saturated heterocycles. The zero-order valence-corrected chi connectivity index (χ0v) is 17.6. The monoisotopic (exact) mass is 423 g/mol. The van der Waals surface area contributed by atoms with E-state index in [9.17, 15) is 14.4 Å². The van der Waals surface area contributed by atoms with E-state index in [0.29, 0.717) is 43.2 Å². The number of furan rings is 1. The number of nitrogens with one attached hydrogen (secondary N) is 1. The van der Waals surface area contributed by atoms with E-state index in [-0.39, 0.29) is 30.6 Å². The Balaban J connectivity index is 1.39. The first-order chi connectivity index (χ1) is 15.0. The average Bonchev–Trinajstić information content (AvgIpc) is 3.14. The number of piperazine rings is 1. The van der Waals surface area contributed by atoms with Gasteiger partial charge in [-0.15, -0.1) is 0 Å². The number of hydrogen-bond acceptors (Lipinski definition) is 5. The molecule has 1 fully saturated rings. The number of rotatable bonds is 5. The number of para-hydroxylation sites is 1. The van der Waals surface area contributed by atoms with Crippen LogP contribution in [0.3, 0.4) is 0 Å². The highest BCUT2D eigenvalue weighted by Crippen LogP contribution is 2.36. The van der Waals surface area contributed by atoms with E-state index in [1.54, 1.807) is 23.0 Å². The summed E-state index contributed by atoms with van der Waals surface area (Å²) in [7, 11) is 1.54. The van der Waals surface area contributed by atoms with Crippen LogP contribution in [0.25, 0.3) is 21.9 Å². The maximum absolute atomic E-state index is 12.5.